The number of carboxylic acid groups (broad SMARTS) is 1. The van der Waals surface area contributed by atoms with Gasteiger partial charge in [0.25, 0.3) is 0 Å². The SMILES string of the molecule is CO/C=C(\C(=O)O)c1c(OC)ncnc1Oc1cccc(C(C)C)c1. The molecule has 0 aliphatic carbocycles. The average molecular weight is 344 g/mol. The Balaban J connectivity index is 2.53. The molecule has 1 N–H and O–H groups in total. The largest absolute Gasteiger partial charge is 0.503 e. The minimum atomic E-state index is -1.21. The monoisotopic (exact) mass is 344 g/mol. The number of hydrogen-bond donors (Lipinski definition) is 1. The lowest BCUT2D eigenvalue weighted by molar-refractivity contribution is -0.130. The normalized spacial score (nSPS) is 11.3. The summed E-state index contributed by atoms with van der Waals surface area (Å²) in [6.45, 7) is 4.14. The summed E-state index contributed by atoms with van der Waals surface area (Å²) in [6, 6.07) is 7.51. The van der Waals surface area contributed by atoms with Gasteiger partial charge in [-0.3, -0.25) is 0 Å². The van der Waals surface area contributed by atoms with Gasteiger partial charge < -0.3 is 19.3 Å². The summed E-state index contributed by atoms with van der Waals surface area (Å²) in [5.74, 6) is -0.203. The highest BCUT2D eigenvalue weighted by Crippen LogP contribution is 2.34. The Bertz CT molecular complexity index is 787. The average Bonchev–Trinajstić information content (AvgIpc) is 2.59. The van der Waals surface area contributed by atoms with Crippen LogP contribution in [-0.2, 0) is 9.53 Å². The van der Waals surface area contributed by atoms with Gasteiger partial charge in [-0.1, -0.05) is 26.0 Å². The molecule has 0 aliphatic heterocycles. The van der Waals surface area contributed by atoms with E-state index in [9.17, 15) is 9.90 Å². The maximum absolute atomic E-state index is 11.6. The van der Waals surface area contributed by atoms with Crippen molar-refractivity contribution >= 4 is 11.5 Å². The van der Waals surface area contributed by atoms with Crippen LogP contribution in [-0.4, -0.2) is 35.3 Å². The molecule has 0 spiro atoms. The molecule has 0 fully saturated rings. The predicted octanol–water partition coefficient (Wildman–Crippen LogP) is 3.47. The molecule has 0 amide bonds. The quantitative estimate of drug-likeness (QED) is 0.607. The van der Waals surface area contributed by atoms with Crippen molar-refractivity contribution in [2.75, 3.05) is 14.2 Å². The van der Waals surface area contributed by atoms with Gasteiger partial charge >= 0.3 is 5.97 Å². The summed E-state index contributed by atoms with van der Waals surface area (Å²) < 4.78 is 15.9. The maximum atomic E-state index is 11.6. The van der Waals surface area contributed by atoms with Crippen LogP contribution in [0.15, 0.2) is 36.9 Å². The van der Waals surface area contributed by atoms with Crippen LogP contribution in [0.1, 0.15) is 30.9 Å². The fourth-order valence-electron chi connectivity index (χ4n) is 2.20. The molecule has 7 nitrogen and oxygen atoms in total. The van der Waals surface area contributed by atoms with E-state index in [0.29, 0.717) is 11.7 Å². The van der Waals surface area contributed by atoms with E-state index in [1.807, 2.05) is 18.2 Å². The van der Waals surface area contributed by atoms with Gasteiger partial charge in [0.1, 0.15) is 23.2 Å². The third-order valence-corrected chi connectivity index (χ3v) is 3.45. The number of rotatable bonds is 7. The second-order valence-electron chi connectivity index (χ2n) is 5.46. The van der Waals surface area contributed by atoms with Crippen LogP contribution in [0.4, 0.5) is 0 Å². The molecule has 0 unspecified atom stereocenters. The highest BCUT2D eigenvalue weighted by molar-refractivity contribution is 6.16. The van der Waals surface area contributed by atoms with E-state index in [0.717, 1.165) is 11.8 Å². The van der Waals surface area contributed by atoms with Crippen LogP contribution in [0.2, 0.25) is 0 Å². The van der Waals surface area contributed by atoms with Crippen LogP contribution in [0.3, 0.4) is 0 Å². The molecule has 1 heterocycles. The molecule has 2 aromatic rings. The van der Waals surface area contributed by atoms with Gasteiger partial charge in [0.2, 0.25) is 11.8 Å². The third kappa shape index (κ3) is 4.26. The molecule has 0 atom stereocenters. The summed E-state index contributed by atoms with van der Waals surface area (Å²) in [7, 11) is 2.74. The lowest BCUT2D eigenvalue weighted by atomic mass is 10.0. The van der Waals surface area contributed by atoms with Crippen LogP contribution in [0, 0.1) is 0 Å². The summed E-state index contributed by atoms with van der Waals surface area (Å²) in [4.78, 5) is 19.6. The molecule has 0 bridgehead atoms. The Kier molecular flexibility index (Phi) is 5.94. The Morgan fingerprint density at radius 1 is 1.20 bits per heavy atom. The highest BCUT2D eigenvalue weighted by Gasteiger charge is 2.24. The van der Waals surface area contributed by atoms with Gasteiger partial charge in [-0.05, 0) is 23.6 Å². The highest BCUT2D eigenvalue weighted by atomic mass is 16.5. The van der Waals surface area contributed by atoms with Gasteiger partial charge in [0.15, 0.2) is 0 Å². The van der Waals surface area contributed by atoms with Crippen molar-refractivity contribution < 1.29 is 24.1 Å². The minimum Gasteiger partial charge on any atom is -0.503 e. The van der Waals surface area contributed by atoms with Crippen LogP contribution < -0.4 is 9.47 Å². The zero-order chi connectivity index (χ0) is 18.4. The van der Waals surface area contributed by atoms with E-state index in [1.165, 1.54) is 20.5 Å². The van der Waals surface area contributed by atoms with Crippen molar-refractivity contribution in [3.8, 4) is 17.5 Å². The van der Waals surface area contributed by atoms with Crippen molar-refractivity contribution in [3.63, 3.8) is 0 Å². The molecule has 25 heavy (non-hydrogen) atoms. The van der Waals surface area contributed by atoms with Crippen molar-refractivity contribution in [2.24, 2.45) is 0 Å². The number of aromatic nitrogens is 2. The Morgan fingerprint density at radius 2 is 1.92 bits per heavy atom. The molecule has 0 saturated heterocycles. The Labute approximate surface area is 145 Å². The molecule has 0 aliphatic rings. The standard InChI is InChI=1S/C18H20N2O5/c1-11(2)12-6-5-7-13(8-12)25-17-15(14(9-23-3)18(21)22)16(24-4)19-10-20-17/h5-11H,1-4H3,(H,21,22)/b14-9-. The second-order valence-corrected chi connectivity index (χ2v) is 5.46. The van der Waals surface area contributed by atoms with Gasteiger partial charge in [-0.15, -0.1) is 0 Å². The number of benzene rings is 1. The van der Waals surface area contributed by atoms with Crippen LogP contribution >= 0.6 is 0 Å². The molecule has 2 rings (SSSR count). The first-order chi connectivity index (χ1) is 12.0. The van der Waals surface area contributed by atoms with Crippen molar-refractivity contribution in [1.82, 2.24) is 9.97 Å². The van der Waals surface area contributed by atoms with Gasteiger partial charge in [0, 0.05) is 0 Å². The van der Waals surface area contributed by atoms with Crippen molar-refractivity contribution in [1.29, 1.82) is 0 Å². The number of carbonyl (C=O) groups is 1. The molecule has 0 radical (unpaired) electrons. The van der Waals surface area contributed by atoms with Crippen molar-refractivity contribution in [2.45, 2.75) is 19.8 Å². The van der Waals surface area contributed by atoms with Gasteiger partial charge in [-0.2, -0.15) is 0 Å². The fourth-order valence-corrected chi connectivity index (χ4v) is 2.20. The number of nitrogens with zero attached hydrogens (tertiary/aromatic N) is 2. The van der Waals surface area contributed by atoms with Gasteiger partial charge in [0.05, 0.1) is 20.5 Å². The molecule has 1 aromatic carbocycles. The van der Waals surface area contributed by atoms with E-state index < -0.39 is 5.97 Å². The smallest absolute Gasteiger partial charge is 0.339 e. The summed E-state index contributed by atoms with van der Waals surface area (Å²) in [5, 5.41) is 9.47. The molecule has 132 valence electrons. The zero-order valence-electron chi connectivity index (χ0n) is 14.5. The number of ether oxygens (including phenoxy) is 3. The number of methoxy groups -OCH3 is 2. The Hall–Kier alpha value is -3.09. The number of hydrogen-bond acceptors (Lipinski definition) is 6. The molecule has 1 aromatic heterocycles. The topological polar surface area (TPSA) is 90.8 Å². The predicted molar refractivity (Wildman–Crippen MR) is 91.8 cm³/mol. The zero-order valence-corrected chi connectivity index (χ0v) is 14.5. The van der Waals surface area contributed by atoms with Crippen molar-refractivity contribution in [3.05, 3.63) is 48.0 Å². The summed E-state index contributed by atoms with van der Waals surface area (Å²) >= 11 is 0. The van der Waals surface area contributed by atoms with Crippen LogP contribution in [0.25, 0.3) is 5.57 Å². The number of carboxylic acids is 1. The lowest BCUT2D eigenvalue weighted by Crippen LogP contribution is -2.07. The van der Waals surface area contributed by atoms with E-state index in [2.05, 4.69) is 23.8 Å². The first kappa shape index (κ1) is 18.3. The van der Waals surface area contributed by atoms with Crippen LogP contribution in [0.5, 0.6) is 17.5 Å². The fraction of sp³-hybridized carbons (Fsp3) is 0.278. The van der Waals surface area contributed by atoms with Gasteiger partial charge in [-0.25, -0.2) is 14.8 Å². The minimum absolute atomic E-state index is 0.0680. The maximum Gasteiger partial charge on any atom is 0.339 e. The lowest BCUT2D eigenvalue weighted by Gasteiger charge is -2.14. The first-order valence-electron chi connectivity index (χ1n) is 7.61. The number of aliphatic carboxylic acids is 1. The second kappa shape index (κ2) is 8.14. The molecular weight excluding hydrogens is 324 g/mol. The molecule has 0 saturated carbocycles. The molecule has 7 heteroatoms. The summed E-state index contributed by atoms with van der Waals surface area (Å²) in [5.41, 5.74) is 1.02. The summed E-state index contributed by atoms with van der Waals surface area (Å²) in [6.07, 6.45) is 2.33. The Morgan fingerprint density at radius 3 is 2.52 bits per heavy atom. The van der Waals surface area contributed by atoms with E-state index >= 15 is 0 Å². The third-order valence-electron chi connectivity index (χ3n) is 3.45. The van der Waals surface area contributed by atoms with E-state index in [-0.39, 0.29) is 22.9 Å². The molecular formula is C18H20N2O5. The first-order valence-corrected chi connectivity index (χ1v) is 7.61. The van der Waals surface area contributed by atoms with E-state index in [4.69, 9.17) is 14.2 Å². The van der Waals surface area contributed by atoms with E-state index in [1.54, 1.807) is 6.07 Å².